The molecule has 236 valence electrons. The van der Waals surface area contributed by atoms with Gasteiger partial charge in [-0.05, 0) is 94.0 Å². The fourth-order valence-electron chi connectivity index (χ4n) is 7.13. The zero-order chi connectivity index (χ0) is 33.3. The molecule has 9 aromatic rings. The van der Waals surface area contributed by atoms with E-state index in [0.29, 0.717) is 0 Å². The smallest absolute Gasteiger partial charge is 0.0561 e. The van der Waals surface area contributed by atoms with Crippen LogP contribution in [0, 0.1) is 0 Å². The molecular weight excluding hydrogens is 605 g/mol. The molecule has 1 heterocycles. The summed E-state index contributed by atoms with van der Waals surface area (Å²) in [7, 11) is 0. The van der Waals surface area contributed by atoms with Gasteiger partial charge >= 0.3 is 0 Å². The van der Waals surface area contributed by atoms with Crippen LogP contribution in [-0.4, -0.2) is 4.57 Å². The molecule has 0 saturated heterocycles. The van der Waals surface area contributed by atoms with Gasteiger partial charge in [0.1, 0.15) is 0 Å². The molecule has 0 atom stereocenters. The number of benzene rings is 8. The van der Waals surface area contributed by atoms with E-state index in [9.17, 15) is 0 Å². The van der Waals surface area contributed by atoms with Crippen LogP contribution < -0.4 is 4.90 Å². The lowest BCUT2D eigenvalue weighted by Gasteiger charge is -2.25. The van der Waals surface area contributed by atoms with Crippen molar-refractivity contribution in [2.45, 2.75) is 0 Å². The molecule has 0 saturated carbocycles. The molecular formula is C48H34N2. The van der Waals surface area contributed by atoms with E-state index in [1.807, 2.05) is 0 Å². The molecule has 0 N–H and O–H groups in total. The summed E-state index contributed by atoms with van der Waals surface area (Å²) in [6.07, 6.45) is 0. The largest absolute Gasteiger partial charge is 0.310 e. The van der Waals surface area contributed by atoms with Crippen molar-refractivity contribution >= 4 is 38.9 Å². The van der Waals surface area contributed by atoms with Gasteiger partial charge in [0, 0.05) is 33.5 Å². The highest BCUT2D eigenvalue weighted by Crippen LogP contribution is 2.40. The minimum Gasteiger partial charge on any atom is -0.310 e. The third-order valence-electron chi connectivity index (χ3n) is 9.59. The Bertz CT molecular complexity index is 2500. The molecule has 0 radical (unpaired) electrons. The topological polar surface area (TPSA) is 8.17 Å². The summed E-state index contributed by atoms with van der Waals surface area (Å²) in [4.78, 5) is 2.33. The normalized spacial score (nSPS) is 11.2. The minimum atomic E-state index is 1.11. The van der Waals surface area contributed by atoms with Gasteiger partial charge in [0.15, 0.2) is 0 Å². The zero-order valence-corrected chi connectivity index (χ0v) is 27.5. The van der Waals surface area contributed by atoms with Crippen molar-refractivity contribution in [1.29, 1.82) is 0 Å². The Kier molecular flexibility index (Phi) is 7.53. The number of hydrogen-bond donors (Lipinski definition) is 0. The number of fused-ring (bicyclic) bond motifs is 3. The zero-order valence-electron chi connectivity index (χ0n) is 27.5. The highest BCUT2D eigenvalue weighted by molar-refractivity contribution is 6.11. The molecule has 0 spiro atoms. The molecule has 0 aliphatic carbocycles. The second-order valence-electron chi connectivity index (χ2n) is 12.6. The highest BCUT2D eigenvalue weighted by atomic mass is 15.1. The van der Waals surface area contributed by atoms with Crippen LogP contribution in [0.2, 0.25) is 0 Å². The summed E-state index contributed by atoms with van der Waals surface area (Å²) in [5.74, 6) is 0. The van der Waals surface area contributed by atoms with Gasteiger partial charge in [-0.15, -0.1) is 0 Å². The summed E-state index contributed by atoms with van der Waals surface area (Å²) in [5.41, 5.74) is 14.2. The lowest BCUT2D eigenvalue weighted by molar-refractivity contribution is 1.18. The Morgan fingerprint density at radius 2 is 0.720 bits per heavy atom. The first-order chi connectivity index (χ1) is 24.8. The Hall–Kier alpha value is -6.64. The molecule has 2 nitrogen and oxygen atoms in total. The molecule has 0 bridgehead atoms. The summed E-state index contributed by atoms with van der Waals surface area (Å²) >= 11 is 0. The molecule has 0 amide bonds. The predicted molar refractivity (Wildman–Crippen MR) is 212 cm³/mol. The quantitative estimate of drug-likeness (QED) is 0.169. The maximum absolute atomic E-state index is 2.40. The Balaban J connectivity index is 1.13. The number of rotatable bonds is 7. The Morgan fingerprint density at radius 3 is 1.26 bits per heavy atom. The fourth-order valence-corrected chi connectivity index (χ4v) is 7.13. The molecule has 50 heavy (non-hydrogen) atoms. The number of aromatic nitrogens is 1. The van der Waals surface area contributed by atoms with E-state index in [1.165, 1.54) is 55.2 Å². The van der Waals surface area contributed by atoms with Crippen LogP contribution >= 0.6 is 0 Å². The lowest BCUT2D eigenvalue weighted by Crippen LogP contribution is -2.09. The van der Waals surface area contributed by atoms with Crippen molar-refractivity contribution in [1.82, 2.24) is 4.57 Å². The summed E-state index contributed by atoms with van der Waals surface area (Å²) in [5, 5.41) is 2.46. The standard InChI is InChI=1S/C48H34N2/c1-5-13-35(14-6-1)36-21-23-37(24-22-36)38-25-27-39(28-26-38)40-29-32-47-46(33-40)45-31-30-44(34-48(45)50(47)43-19-11-4-12-20-43)49(41-15-7-2-8-16-41)42-17-9-3-10-18-42/h1-34H. The Morgan fingerprint density at radius 1 is 0.280 bits per heavy atom. The Labute approximate surface area is 292 Å². The maximum atomic E-state index is 2.40. The van der Waals surface area contributed by atoms with Gasteiger partial charge in [0.05, 0.1) is 11.0 Å². The van der Waals surface area contributed by atoms with Crippen molar-refractivity contribution < 1.29 is 0 Å². The number of para-hydroxylation sites is 3. The van der Waals surface area contributed by atoms with Gasteiger partial charge in [-0.1, -0.05) is 146 Å². The summed E-state index contributed by atoms with van der Waals surface area (Å²) < 4.78 is 2.40. The van der Waals surface area contributed by atoms with Crippen molar-refractivity contribution in [3.05, 3.63) is 206 Å². The number of hydrogen-bond acceptors (Lipinski definition) is 1. The average molecular weight is 639 g/mol. The monoisotopic (exact) mass is 638 g/mol. The van der Waals surface area contributed by atoms with E-state index >= 15 is 0 Å². The first-order valence-corrected chi connectivity index (χ1v) is 17.1. The van der Waals surface area contributed by atoms with Gasteiger partial charge < -0.3 is 9.47 Å². The molecule has 2 heteroatoms. The van der Waals surface area contributed by atoms with Gasteiger partial charge in [0.2, 0.25) is 0 Å². The second-order valence-corrected chi connectivity index (χ2v) is 12.6. The van der Waals surface area contributed by atoms with Crippen molar-refractivity contribution in [2.24, 2.45) is 0 Å². The molecule has 0 unspecified atom stereocenters. The number of anilines is 3. The van der Waals surface area contributed by atoms with E-state index in [4.69, 9.17) is 0 Å². The van der Waals surface area contributed by atoms with Crippen LogP contribution in [0.4, 0.5) is 17.1 Å². The van der Waals surface area contributed by atoms with E-state index in [-0.39, 0.29) is 0 Å². The molecule has 0 aliphatic rings. The van der Waals surface area contributed by atoms with Crippen LogP contribution in [0.25, 0.3) is 60.9 Å². The van der Waals surface area contributed by atoms with Gasteiger partial charge in [-0.25, -0.2) is 0 Å². The molecule has 9 rings (SSSR count). The molecule has 0 fully saturated rings. The minimum absolute atomic E-state index is 1.11. The highest BCUT2D eigenvalue weighted by Gasteiger charge is 2.18. The SMILES string of the molecule is c1ccc(-c2ccc(-c3ccc(-c4ccc5c(c4)c4ccc(N(c6ccccc6)c6ccccc6)cc4n5-c4ccccc4)cc3)cc2)cc1. The van der Waals surface area contributed by atoms with Crippen molar-refractivity contribution in [3.63, 3.8) is 0 Å². The first-order valence-electron chi connectivity index (χ1n) is 17.1. The maximum Gasteiger partial charge on any atom is 0.0561 e. The summed E-state index contributed by atoms with van der Waals surface area (Å²) in [6, 6.07) is 74.0. The van der Waals surface area contributed by atoms with E-state index < -0.39 is 0 Å². The molecule has 1 aromatic heterocycles. The van der Waals surface area contributed by atoms with E-state index in [0.717, 1.165) is 22.7 Å². The van der Waals surface area contributed by atoms with Gasteiger partial charge in [-0.2, -0.15) is 0 Å². The third kappa shape index (κ3) is 5.43. The van der Waals surface area contributed by atoms with Crippen LogP contribution in [0.5, 0.6) is 0 Å². The van der Waals surface area contributed by atoms with E-state index in [1.54, 1.807) is 0 Å². The third-order valence-corrected chi connectivity index (χ3v) is 9.59. The van der Waals surface area contributed by atoms with E-state index in [2.05, 4.69) is 216 Å². The van der Waals surface area contributed by atoms with Crippen LogP contribution in [-0.2, 0) is 0 Å². The van der Waals surface area contributed by atoms with Crippen LogP contribution in [0.3, 0.4) is 0 Å². The van der Waals surface area contributed by atoms with Crippen molar-refractivity contribution in [3.8, 4) is 39.1 Å². The molecule has 0 aliphatic heterocycles. The second kappa shape index (κ2) is 12.8. The fraction of sp³-hybridized carbons (Fsp3) is 0. The predicted octanol–water partition coefficient (Wildman–Crippen LogP) is 13.3. The van der Waals surface area contributed by atoms with Crippen LogP contribution in [0.1, 0.15) is 0 Å². The average Bonchev–Trinajstić information content (AvgIpc) is 3.53. The number of nitrogens with zero attached hydrogens (tertiary/aromatic N) is 2. The molecule has 8 aromatic carbocycles. The van der Waals surface area contributed by atoms with Crippen LogP contribution in [0.15, 0.2) is 206 Å². The first kappa shape index (κ1) is 29.5. The van der Waals surface area contributed by atoms with Gasteiger partial charge in [0.25, 0.3) is 0 Å². The van der Waals surface area contributed by atoms with Crippen molar-refractivity contribution in [2.75, 3.05) is 4.90 Å². The lowest BCUT2D eigenvalue weighted by atomic mass is 9.97. The summed E-state index contributed by atoms with van der Waals surface area (Å²) in [6.45, 7) is 0. The van der Waals surface area contributed by atoms with Gasteiger partial charge in [-0.3, -0.25) is 0 Å².